The number of amides is 2. The number of hydrogen-bond donors (Lipinski definition) is 0. The van der Waals surface area contributed by atoms with Crippen LogP contribution in [0.3, 0.4) is 0 Å². The summed E-state index contributed by atoms with van der Waals surface area (Å²) in [7, 11) is -3.04. The lowest BCUT2D eigenvalue weighted by molar-refractivity contribution is -0.138. The second kappa shape index (κ2) is 7.75. The molecular weight excluding hydrogens is 416 g/mol. The van der Waals surface area contributed by atoms with Gasteiger partial charge in [0.2, 0.25) is 11.8 Å². The molecular formula is C19H25ClN4O4S. The first-order valence-electron chi connectivity index (χ1n) is 9.96. The molecule has 158 valence electrons. The highest BCUT2D eigenvalue weighted by Gasteiger charge is 2.35. The fourth-order valence-corrected chi connectivity index (χ4v) is 5.99. The summed E-state index contributed by atoms with van der Waals surface area (Å²) in [6.45, 7) is 3.98. The second-order valence-electron chi connectivity index (χ2n) is 8.05. The smallest absolute Gasteiger partial charge is 0.246 e. The number of aryl methyl sites for hydroxylation is 1. The van der Waals surface area contributed by atoms with Crippen LogP contribution in [0.2, 0.25) is 5.15 Å². The van der Waals surface area contributed by atoms with Gasteiger partial charge in [-0.2, -0.15) is 5.10 Å². The van der Waals surface area contributed by atoms with Crippen LogP contribution in [0.1, 0.15) is 36.6 Å². The Hall–Kier alpha value is -1.87. The molecule has 10 heteroatoms. The molecule has 2 saturated heterocycles. The lowest BCUT2D eigenvalue weighted by atomic mass is 10.2. The maximum atomic E-state index is 12.6. The van der Waals surface area contributed by atoms with Crippen LogP contribution in [0.15, 0.2) is 6.08 Å². The average Bonchev–Trinajstić information content (AvgIpc) is 3.42. The van der Waals surface area contributed by atoms with Gasteiger partial charge in [0.15, 0.2) is 9.84 Å². The molecule has 2 aliphatic heterocycles. The zero-order chi connectivity index (χ0) is 20.8. The van der Waals surface area contributed by atoms with E-state index in [1.807, 2.05) is 4.90 Å². The Morgan fingerprint density at radius 2 is 1.76 bits per heavy atom. The molecule has 3 aliphatic rings. The van der Waals surface area contributed by atoms with Gasteiger partial charge in [-0.3, -0.25) is 9.59 Å². The van der Waals surface area contributed by atoms with E-state index in [9.17, 15) is 18.0 Å². The molecule has 0 radical (unpaired) electrons. The van der Waals surface area contributed by atoms with Crippen LogP contribution in [0.25, 0.3) is 6.08 Å². The average molecular weight is 441 g/mol. The van der Waals surface area contributed by atoms with Crippen molar-refractivity contribution < 1.29 is 18.0 Å². The molecule has 0 spiro atoms. The van der Waals surface area contributed by atoms with Gasteiger partial charge in [-0.1, -0.05) is 11.6 Å². The predicted molar refractivity (Wildman–Crippen MR) is 109 cm³/mol. The summed E-state index contributed by atoms with van der Waals surface area (Å²) in [5.74, 6) is 0.478. The molecule has 4 rings (SSSR count). The van der Waals surface area contributed by atoms with Crippen LogP contribution in [0.4, 0.5) is 0 Å². The van der Waals surface area contributed by atoms with Gasteiger partial charge in [-0.25, -0.2) is 13.1 Å². The van der Waals surface area contributed by atoms with Crippen LogP contribution in [0.5, 0.6) is 0 Å². The summed E-state index contributed by atoms with van der Waals surface area (Å²) in [4.78, 5) is 28.3. The van der Waals surface area contributed by atoms with Crippen molar-refractivity contribution in [3.05, 3.63) is 22.5 Å². The molecule has 1 unspecified atom stereocenters. The number of carbonyl (C=O) groups excluding carboxylic acids is 2. The molecule has 0 aromatic carbocycles. The van der Waals surface area contributed by atoms with Gasteiger partial charge in [-0.15, -0.1) is 0 Å². The van der Waals surface area contributed by atoms with Crippen LogP contribution >= 0.6 is 11.6 Å². The van der Waals surface area contributed by atoms with Gasteiger partial charge in [0.25, 0.3) is 0 Å². The molecule has 2 amide bonds. The molecule has 1 aliphatic carbocycles. The van der Waals surface area contributed by atoms with Crippen LogP contribution in [-0.4, -0.2) is 77.5 Å². The number of halogens is 1. The van der Waals surface area contributed by atoms with Gasteiger partial charge in [0.05, 0.1) is 23.2 Å². The van der Waals surface area contributed by atoms with Crippen molar-refractivity contribution in [3.8, 4) is 0 Å². The Morgan fingerprint density at radius 1 is 1.10 bits per heavy atom. The fraction of sp³-hybridized carbons (Fsp3) is 0.632. The van der Waals surface area contributed by atoms with Crippen molar-refractivity contribution >= 4 is 39.3 Å². The van der Waals surface area contributed by atoms with E-state index in [0.717, 1.165) is 12.8 Å². The third-order valence-electron chi connectivity index (χ3n) is 5.85. The number of carbonyl (C=O) groups is 2. The largest absolute Gasteiger partial charge is 0.339 e. The first-order chi connectivity index (χ1) is 13.7. The van der Waals surface area contributed by atoms with Crippen molar-refractivity contribution in [3.63, 3.8) is 0 Å². The van der Waals surface area contributed by atoms with Gasteiger partial charge in [-0.05, 0) is 32.3 Å². The predicted octanol–water partition coefficient (Wildman–Crippen LogP) is 1.30. The quantitative estimate of drug-likeness (QED) is 0.658. The molecule has 1 aromatic rings. The number of sulfone groups is 1. The van der Waals surface area contributed by atoms with Crippen molar-refractivity contribution in [2.75, 3.05) is 37.7 Å². The van der Waals surface area contributed by atoms with E-state index < -0.39 is 9.84 Å². The molecule has 1 aromatic heterocycles. The topological polar surface area (TPSA) is 92.6 Å². The monoisotopic (exact) mass is 440 g/mol. The molecule has 1 atom stereocenters. The lowest BCUT2D eigenvalue weighted by Crippen LogP contribution is -2.50. The highest BCUT2D eigenvalue weighted by molar-refractivity contribution is 7.91. The fourth-order valence-electron chi connectivity index (χ4n) is 3.93. The Morgan fingerprint density at radius 3 is 2.34 bits per heavy atom. The zero-order valence-electron chi connectivity index (χ0n) is 16.4. The standard InChI is InChI=1S/C19H25ClN4O4S/c1-13-16(18(20)24(21-13)15-6-11-29(27,28)12-15)4-5-17(25)22-7-9-23(10-8-22)19(26)14-2-3-14/h4-5,14-15H,2-3,6-12H2,1H3/b5-4+. The minimum Gasteiger partial charge on any atom is -0.339 e. The van der Waals surface area contributed by atoms with Crippen molar-refractivity contribution in [2.24, 2.45) is 5.92 Å². The molecule has 8 nitrogen and oxygen atoms in total. The van der Waals surface area contributed by atoms with E-state index >= 15 is 0 Å². The normalized spacial score (nSPS) is 24.4. The SMILES string of the molecule is Cc1nn(C2CCS(=O)(=O)C2)c(Cl)c1/C=C/C(=O)N1CCN(C(=O)C2CC2)CC1. The number of rotatable bonds is 4. The Balaban J connectivity index is 1.39. The van der Waals surface area contributed by atoms with Gasteiger partial charge < -0.3 is 9.80 Å². The Bertz CT molecular complexity index is 959. The number of piperazine rings is 1. The van der Waals surface area contributed by atoms with Crippen LogP contribution in [-0.2, 0) is 19.4 Å². The number of aromatic nitrogens is 2. The minimum atomic E-state index is -3.04. The van der Waals surface area contributed by atoms with E-state index in [1.165, 1.54) is 6.08 Å². The van der Waals surface area contributed by atoms with Crippen LogP contribution in [0, 0.1) is 12.8 Å². The summed E-state index contributed by atoms with van der Waals surface area (Å²) in [6, 6.07) is -0.263. The summed E-state index contributed by atoms with van der Waals surface area (Å²) in [6.07, 6.45) is 5.59. The first kappa shape index (κ1) is 20.4. The molecule has 29 heavy (non-hydrogen) atoms. The molecule has 1 saturated carbocycles. The summed E-state index contributed by atoms with van der Waals surface area (Å²) in [5, 5.41) is 4.75. The van der Waals surface area contributed by atoms with Crippen molar-refractivity contribution in [1.29, 1.82) is 0 Å². The summed E-state index contributed by atoms with van der Waals surface area (Å²) in [5.41, 5.74) is 1.29. The molecule has 3 heterocycles. The van der Waals surface area contributed by atoms with E-state index in [2.05, 4.69) is 5.10 Å². The summed E-state index contributed by atoms with van der Waals surface area (Å²) < 4.78 is 25.0. The highest BCUT2D eigenvalue weighted by atomic mass is 35.5. The number of hydrogen-bond acceptors (Lipinski definition) is 5. The summed E-state index contributed by atoms with van der Waals surface area (Å²) >= 11 is 6.45. The van der Waals surface area contributed by atoms with E-state index in [4.69, 9.17) is 11.6 Å². The van der Waals surface area contributed by atoms with Crippen LogP contribution < -0.4 is 0 Å². The minimum absolute atomic E-state index is 0.0414. The third kappa shape index (κ3) is 4.35. The molecule has 3 fully saturated rings. The van der Waals surface area contributed by atoms with E-state index in [1.54, 1.807) is 22.6 Å². The maximum absolute atomic E-state index is 12.6. The molecule has 0 N–H and O–H groups in total. The number of nitrogens with zero attached hydrogens (tertiary/aromatic N) is 4. The third-order valence-corrected chi connectivity index (χ3v) is 7.97. The van der Waals surface area contributed by atoms with Crippen molar-refractivity contribution in [1.82, 2.24) is 19.6 Å². The Labute approximate surface area is 175 Å². The van der Waals surface area contributed by atoms with Crippen molar-refractivity contribution in [2.45, 2.75) is 32.2 Å². The van der Waals surface area contributed by atoms with E-state index in [0.29, 0.717) is 49.0 Å². The maximum Gasteiger partial charge on any atom is 0.246 e. The zero-order valence-corrected chi connectivity index (χ0v) is 18.0. The second-order valence-corrected chi connectivity index (χ2v) is 10.6. The van der Waals surface area contributed by atoms with Gasteiger partial charge >= 0.3 is 0 Å². The highest BCUT2D eigenvalue weighted by Crippen LogP contribution is 2.32. The van der Waals surface area contributed by atoms with Gasteiger partial charge in [0, 0.05) is 43.7 Å². The lowest BCUT2D eigenvalue weighted by Gasteiger charge is -2.34. The Kier molecular flexibility index (Phi) is 5.46. The van der Waals surface area contributed by atoms with E-state index in [-0.39, 0.29) is 35.3 Å². The first-order valence-corrected chi connectivity index (χ1v) is 12.2. The molecule has 0 bridgehead atoms. The van der Waals surface area contributed by atoms with Gasteiger partial charge in [0.1, 0.15) is 5.15 Å².